The van der Waals surface area contributed by atoms with E-state index in [0.29, 0.717) is 37.3 Å². The first kappa shape index (κ1) is 42.2. The van der Waals surface area contributed by atoms with Crippen LogP contribution in [0.5, 0.6) is 0 Å². The molecule has 4 aliphatic carbocycles. The molecule has 0 bridgehead atoms. The molecule has 4 fully saturated rings. The molecule has 3 aliphatic heterocycles. The number of amides is 1. The standard InChI is InChI=1S/C22H26N2O2.C21H30O4.C5H5N3O/c1-3-22-11-7-12-23-13-10-16-15-8-5-6-9-17(15)24(19(16)20(22)23)18(14-22)21(25)26-4-2;1-20-8-7-13(23)9-12(20)3-4-14-15-5-6-16(18(25)11-22)21(15,2)10-17(24)19(14)20;6-5(9)4-3-7-1-2-8-4/h5-6,8-9,14,20H,3-4,7,10-13H2,1-2H3;9,14-17,19,22,24H,3-8,10-11H2,1-2H3;1-3H,(H2,6,9)/t20-,22+;14-,15-,16+,17-,19+,20-,21-;/m10./s1. The number of esters is 1. The van der Waals surface area contributed by atoms with Crippen molar-refractivity contribution in [1.82, 2.24) is 19.4 Å². The number of carbonyl (C=O) groups excluding carboxylic acids is 4. The Morgan fingerprint density at radius 2 is 1.82 bits per heavy atom. The topological polar surface area (TPSA) is 178 Å². The molecule has 60 heavy (non-hydrogen) atoms. The first-order valence-corrected chi connectivity index (χ1v) is 22.2. The number of aromatic nitrogens is 3. The fourth-order valence-electron chi connectivity index (χ4n) is 13.4. The molecule has 3 aromatic rings. The second kappa shape index (κ2) is 16.4. The minimum atomic E-state index is -0.553. The molecular formula is C48H61N5O7. The van der Waals surface area contributed by atoms with Crippen LogP contribution >= 0.6 is 0 Å². The van der Waals surface area contributed by atoms with E-state index in [2.05, 4.69) is 70.5 Å². The summed E-state index contributed by atoms with van der Waals surface area (Å²) in [5, 5.41) is 21.8. The molecule has 1 saturated heterocycles. The molecule has 2 aromatic heterocycles. The second-order valence-corrected chi connectivity index (χ2v) is 18.7. The smallest absolute Gasteiger partial charge is 0.354 e. The van der Waals surface area contributed by atoms with Crippen molar-refractivity contribution in [2.45, 2.75) is 110 Å². The predicted octanol–water partition coefficient (Wildman–Crippen LogP) is 6.39. The van der Waals surface area contributed by atoms with Gasteiger partial charge in [-0.1, -0.05) is 44.5 Å². The number of ether oxygens (including phenoxy) is 1. The molecule has 0 spiro atoms. The van der Waals surface area contributed by atoms with E-state index in [1.165, 1.54) is 47.2 Å². The number of aliphatic hydroxyl groups excluding tert-OH is 2. The molecule has 12 heteroatoms. The number of benzene rings is 1. The Bertz CT molecular complexity index is 2230. The van der Waals surface area contributed by atoms with Gasteiger partial charge in [-0.15, -0.1) is 0 Å². The van der Waals surface area contributed by atoms with E-state index in [1.807, 2.05) is 13.0 Å². The van der Waals surface area contributed by atoms with Crippen LogP contribution in [0.15, 0.2) is 60.6 Å². The van der Waals surface area contributed by atoms with Gasteiger partial charge in [0.2, 0.25) is 0 Å². The van der Waals surface area contributed by atoms with Gasteiger partial charge in [0.1, 0.15) is 18.0 Å². The van der Waals surface area contributed by atoms with Crippen LogP contribution in [0.25, 0.3) is 16.6 Å². The zero-order valence-corrected chi connectivity index (χ0v) is 35.6. The van der Waals surface area contributed by atoms with E-state index in [4.69, 9.17) is 10.5 Å². The molecule has 3 saturated carbocycles. The Labute approximate surface area is 352 Å². The molecule has 5 heterocycles. The number of fused-ring (bicyclic) bond motifs is 8. The highest BCUT2D eigenvalue weighted by Crippen LogP contribution is 2.67. The van der Waals surface area contributed by atoms with E-state index in [9.17, 15) is 29.4 Å². The van der Waals surface area contributed by atoms with Gasteiger partial charge < -0.3 is 25.3 Å². The first-order valence-electron chi connectivity index (χ1n) is 22.2. The quantitative estimate of drug-likeness (QED) is 0.236. The van der Waals surface area contributed by atoms with Gasteiger partial charge in [-0.3, -0.25) is 24.3 Å². The van der Waals surface area contributed by atoms with E-state index < -0.39 is 12.0 Å². The number of nitrogens with zero attached hydrogens (tertiary/aromatic N) is 4. The highest BCUT2D eigenvalue weighted by Gasteiger charge is 2.63. The summed E-state index contributed by atoms with van der Waals surface area (Å²) in [7, 11) is 0. The molecular weight excluding hydrogens is 759 g/mol. The number of hydrogen-bond donors (Lipinski definition) is 3. The average molecular weight is 820 g/mol. The summed E-state index contributed by atoms with van der Waals surface area (Å²) in [5.74, 6) is 0.376. The van der Waals surface area contributed by atoms with Crippen LogP contribution in [0.1, 0.15) is 120 Å². The SMILES string of the molecule is CCOC(=O)C1=C[C@]2(CC)CCCN3CCc4c(n1c1ccccc41)[C@@H]32.C[C@]12C[C@H](O)[C@H]3[C@@H](CCC4=CC(=O)CC[C@@]43C)[C@@H]1CC[C@@H]2C(=O)CO.NC(=O)c1cnccn1. The van der Waals surface area contributed by atoms with E-state index in [-0.39, 0.29) is 57.9 Å². The molecule has 320 valence electrons. The Morgan fingerprint density at radius 3 is 2.52 bits per heavy atom. The van der Waals surface area contributed by atoms with Crippen molar-refractivity contribution >= 4 is 40.0 Å². The first-order chi connectivity index (χ1) is 28.8. The number of primary amides is 1. The lowest BCUT2D eigenvalue weighted by atomic mass is 9.46. The number of ketones is 2. The number of Topliss-reactive ketones (excluding diaryl/α,β-unsaturated/α-hetero) is 1. The van der Waals surface area contributed by atoms with Crippen LogP contribution in [0.4, 0.5) is 0 Å². The fourth-order valence-corrected chi connectivity index (χ4v) is 13.4. The van der Waals surface area contributed by atoms with Crippen LogP contribution in [-0.4, -0.2) is 85.5 Å². The molecule has 10 rings (SSSR count). The largest absolute Gasteiger partial charge is 0.461 e. The van der Waals surface area contributed by atoms with E-state index in [1.54, 1.807) is 0 Å². The van der Waals surface area contributed by atoms with Crippen molar-refractivity contribution < 1.29 is 34.1 Å². The maximum absolute atomic E-state index is 12.9. The molecule has 7 aliphatic rings. The number of rotatable bonds is 6. The van der Waals surface area contributed by atoms with Crippen molar-refractivity contribution in [3.63, 3.8) is 0 Å². The van der Waals surface area contributed by atoms with E-state index >= 15 is 0 Å². The van der Waals surface area contributed by atoms with Crippen LogP contribution in [-0.2, 0) is 25.5 Å². The highest BCUT2D eigenvalue weighted by atomic mass is 16.5. The number of aliphatic hydroxyl groups is 2. The van der Waals surface area contributed by atoms with Crippen LogP contribution in [0.3, 0.4) is 0 Å². The maximum atomic E-state index is 12.9. The predicted molar refractivity (Wildman–Crippen MR) is 227 cm³/mol. The Hall–Kier alpha value is -4.52. The molecule has 12 nitrogen and oxygen atoms in total. The zero-order valence-electron chi connectivity index (χ0n) is 35.6. The van der Waals surface area contributed by atoms with Crippen LogP contribution in [0, 0.1) is 39.9 Å². The highest BCUT2D eigenvalue weighted by molar-refractivity contribution is 6.13. The van der Waals surface area contributed by atoms with Gasteiger partial charge in [-0.05, 0) is 130 Å². The monoisotopic (exact) mass is 819 g/mol. The third-order valence-corrected chi connectivity index (χ3v) is 16.0. The summed E-state index contributed by atoms with van der Waals surface area (Å²) in [5.41, 5.74) is 10.8. The number of hydrogen-bond acceptors (Lipinski definition) is 10. The summed E-state index contributed by atoms with van der Waals surface area (Å²) in [6.45, 7) is 10.9. The number of carbonyl (C=O) groups is 4. The Balaban J connectivity index is 0.000000138. The molecule has 0 unspecified atom stereocenters. The molecule has 1 amide bonds. The van der Waals surface area contributed by atoms with Crippen molar-refractivity contribution in [2.24, 2.45) is 45.7 Å². The van der Waals surface area contributed by atoms with Crippen molar-refractivity contribution in [3.05, 3.63) is 77.5 Å². The number of nitrogens with two attached hydrogens (primary N) is 1. The van der Waals surface area contributed by atoms with Crippen molar-refractivity contribution in [3.8, 4) is 0 Å². The van der Waals surface area contributed by atoms with Gasteiger partial charge >= 0.3 is 5.97 Å². The molecule has 1 aromatic carbocycles. The molecule has 9 atom stereocenters. The van der Waals surface area contributed by atoms with Crippen LogP contribution < -0.4 is 5.73 Å². The lowest BCUT2D eigenvalue weighted by Gasteiger charge is -2.59. The Kier molecular flexibility index (Phi) is 11.5. The number of allylic oxidation sites excluding steroid dienone is 1. The third-order valence-electron chi connectivity index (χ3n) is 16.0. The van der Waals surface area contributed by atoms with Gasteiger partial charge in [0, 0.05) is 47.8 Å². The number of piperidine rings is 1. The third kappa shape index (κ3) is 6.86. The summed E-state index contributed by atoms with van der Waals surface area (Å²) in [6.07, 6.45) is 18.3. The average Bonchev–Trinajstić information content (AvgIpc) is 3.78. The lowest BCUT2D eigenvalue weighted by molar-refractivity contribution is -0.146. The summed E-state index contributed by atoms with van der Waals surface area (Å²) in [4.78, 5) is 57.4. The van der Waals surface area contributed by atoms with Gasteiger partial charge in [0.15, 0.2) is 11.6 Å². The van der Waals surface area contributed by atoms with Crippen molar-refractivity contribution in [1.29, 1.82) is 0 Å². The molecule has 4 N–H and O–H groups in total. The van der Waals surface area contributed by atoms with Gasteiger partial charge in [0.25, 0.3) is 5.91 Å². The van der Waals surface area contributed by atoms with Crippen molar-refractivity contribution in [2.75, 3.05) is 26.3 Å². The second-order valence-electron chi connectivity index (χ2n) is 18.7. The van der Waals surface area contributed by atoms with E-state index in [0.717, 1.165) is 75.7 Å². The van der Waals surface area contributed by atoms with Gasteiger partial charge in [-0.2, -0.15) is 0 Å². The Morgan fingerprint density at radius 1 is 1.02 bits per heavy atom. The maximum Gasteiger partial charge on any atom is 0.354 e. The number of para-hydroxylation sites is 1. The summed E-state index contributed by atoms with van der Waals surface area (Å²) in [6, 6.07) is 8.92. The summed E-state index contributed by atoms with van der Waals surface area (Å²) < 4.78 is 7.69. The fraction of sp³-hybridized carbons (Fsp3) is 0.583. The minimum absolute atomic E-state index is 0.0416. The zero-order chi connectivity index (χ0) is 42.6. The summed E-state index contributed by atoms with van der Waals surface area (Å²) >= 11 is 0. The van der Waals surface area contributed by atoms with Gasteiger partial charge in [-0.25, -0.2) is 9.78 Å². The van der Waals surface area contributed by atoms with Gasteiger partial charge in [0.05, 0.1) is 30.5 Å². The lowest BCUT2D eigenvalue weighted by Crippen LogP contribution is -2.57. The molecule has 0 radical (unpaired) electrons. The normalized spacial score (nSPS) is 33.5. The van der Waals surface area contributed by atoms with Crippen LogP contribution in [0.2, 0.25) is 0 Å². The minimum Gasteiger partial charge on any atom is -0.461 e.